The van der Waals surface area contributed by atoms with Gasteiger partial charge in [-0.2, -0.15) is 0 Å². The van der Waals surface area contributed by atoms with E-state index in [4.69, 9.17) is 4.74 Å². The minimum absolute atomic E-state index is 0.0541. The highest BCUT2D eigenvalue weighted by atomic mass is 16.5. The number of ether oxygens (including phenoxy) is 1. The lowest BCUT2D eigenvalue weighted by Crippen LogP contribution is -2.49. The van der Waals surface area contributed by atoms with Crippen LogP contribution in [0.1, 0.15) is 46.0 Å². The number of carboxylic acids is 1. The molecule has 0 aromatic heterocycles. The van der Waals surface area contributed by atoms with Crippen molar-refractivity contribution >= 4 is 11.9 Å². The topological polar surface area (TPSA) is 66.8 Å². The van der Waals surface area contributed by atoms with Crippen molar-refractivity contribution < 1.29 is 19.4 Å². The molecular weight excluding hydrogens is 246 g/mol. The van der Waals surface area contributed by atoms with Gasteiger partial charge in [0.15, 0.2) is 0 Å². The monoisotopic (exact) mass is 271 g/mol. The third kappa shape index (κ3) is 4.20. The van der Waals surface area contributed by atoms with E-state index in [-0.39, 0.29) is 5.91 Å². The average molecular weight is 271 g/mol. The lowest BCUT2D eigenvalue weighted by atomic mass is 9.77. The number of carbonyl (C=O) groups excluding carboxylic acids is 1. The molecule has 0 spiro atoms. The molecule has 0 aromatic rings. The number of hydrogen-bond donors (Lipinski definition) is 1. The number of amides is 1. The number of carbonyl (C=O) groups is 2. The summed E-state index contributed by atoms with van der Waals surface area (Å²) in [5, 5.41) is 9.38. The SMILES string of the molecule is CCOCCCC(=O)N1CCCC(CC)(C(=O)O)C1. The third-order valence-corrected chi connectivity index (χ3v) is 3.94. The van der Waals surface area contributed by atoms with Crippen LogP contribution in [-0.2, 0) is 14.3 Å². The summed E-state index contributed by atoms with van der Waals surface area (Å²) in [7, 11) is 0. The van der Waals surface area contributed by atoms with Gasteiger partial charge in [-0.1, -0.05) is 6.92 Å². The Labute approximate surface area is 114 Å². The Balaban J connectivity index is 2.49. The Kier molecular flexibility index (Phi) is 6.28. The summed E-state index contributed by atoms with van der Waals surface area (Å²) in [4.78, 5) is 25.2. The van der Waals surface area contributed by atoms with Crippen molar-refractivity contribution in [2.24, 2.45) is 5.41 Å². The molecule has 0 aliphatic carbocycles. The van der Waals surface area contributed by atoms with Crippen LogP contribution < -0.4 is 0 Å². The summed E-state index contributed by atoms with van der Waals surface area (Å²) >= 11 is 0. The highest BCUT2D eigenvalue weighted by molar-refractivity contribution is 5.79. The van der Waals surface area contributed by atoms with E-state index in [1.54, 1.807) is 4.90 Å². The molecule has 1 unspecified atom stereocenters. The first-order valence-corrected chi connectivity index (χ1v) is 7.14. The van der Waals surface area contributed by atoms with Crippen molar-refractivity contribution in [3.63, 3.8) is 0 Å². The van der Waals surface area contributed by atoms with E-state index in [1.165, 1.54) is 0 Å². The fourth-order valence-corrected chi connectivity index (χ4v) is 2.59. The number of likely N-dealkylation sites (tertiary alicyclic amines) is 1. The normalized spacial score (nSPS) is 23.4. The van der Waals surface area contributed by atoms with Crippen LogP contribution in [0.15, 0.2) is 0 Å². The first-order valence-electron chi connectivity index (χ1n) is 7.14. The van der Waals surface area contributed by atoms with Crippen LogP contribution in [-0.4, -0.2) is 48.2 Å². The predicted octanol–water partition coefficient (Wildman–Crippen LogP) is 1.91. The van der Waals surface area contributed by atoms with E-state index < -0.39 is 11.4 Å². The van der Waals surface area contributed by atoms with E-state index >= 15 is 0 Å². The summed E-state index contributed by atoms with van der Waals surface area (Å²) in [6, 6.07) is 0. The molecule has 1 amide bonds. The van der Waals surface area contributed by atoms with Gasteiger partial charge in [0.05, 0.1) is 5.41 Å². The van der Waals surface area contributed by atoms with Crippen molar-refractivity contribution in [2.75, 3.05) is 26.3 Å². The number of carboxylic acid groups (broad SMARTS) is 1. The maximum Gasteiger partial charge on any atom is 0.311 e. The van der Waals surface area contributed by atoms with Gasteiger partial charge in [0, 0.05) is 32.7 Å². The molecule has 0 aromatic carbocycles. The Morgan fingerprint density at radius 2 is 2.11 bits per heavy atom. The summed E-state index contributed by atoms with van der Waals surface area (Å²) in [6.07, 6.45) is 3.17. The standard InChI is InChI=1S/C14H25NO4/c1-3-14(13(17)18)8-6-9-15(11-14)12(16)7-5-10-19-4-2/h3-11H2,1-2H3,(H,17,18). The van der Waals surface area contributed by atoms with Gasteiger partial charge in [-0.15, -0.1) is 0 Å². The molecule has 1 rings (SSSR count). The van der Waals surface area contributed by atoms with Crippen molar-refractivity contribution in [3.8, 4) is 0 Å². The molecule has 1 heterocycles. The Hall–Kier alpha value is -1.10. The van der Waals surface area contributed by atoms with Gasteiger partial charge in [0.2, 0.25) is 5.91 Å². The zero-order chi connectivity index (χ0) is 14.3. The second kappa shape index (κ2) is 7.48. The molecule has 5 heteroatoms. The Bertz CT molecular complexity index is 319. The highest BCUT2D eigenvalue weighted by Crippen LogP contribution is 2.33. The average Bonchev–Trinajstić information content (AvgIpc) is 2.43. The molecule has 0 bridgehead atoms. The maximum atomic E-state index is 12.1. The number of rotatable bonds is 7. The predicted molar refractivity (Wildman–Crippen MR) is 71.9 cm³/mol. The molecule has 1 saturated heterocycles. The van der Waals surface area contributed by atoms with E-state index in [0.29, 0.717) is 52.0 Å². The molecule has 1 atom stereocenters. The zero-order valence-electron chi connectivity index (χ0n) is 12.0. The lowest BCUT2D eigenvalue weighted by molar-refractivity contribution is -0.155. The molecule has 5 nitrogen and oxygen atoms in total. The van der Waals surface area contributed by atoms with Crippen LogP contribution in [0.3, 0.4) is 0 Å². The van der Waals surface area contributed by atoms with Gasteiger partial charge in [0.1, 0.15) is 0 Å². The van der Waals surface area contributed by atoms with Gasteiger partial charge >= 0.3 is 5.97 Å². The number of piperidine rings is 1. The second-order valence-electron chi connectivity index (χ2n) is 5.16. The molecular formula is C14H25NO4. The van der Waals surface area contributed by atoms with Crippen LogP contribution in [0.2, 0.25) is 0 Å². The molecule has 0 saturated carbocycles. The number of aliphatic carboxylic acids is 1. The third-order valence-electron chi connectivity index (χ3n) is 3.94. The largest absolute Gasteiger partial charge is 0.481 e. The van der Waals surface area contributed by atoms with E-state index in [1.807, 2.05) is 13.8 Å². The molecule has 19 heavy (non-hydrogen) atoms. The minimum Gasteiger partial charge on any atom is -0.481 e. The van der Waals surface area contributed by atoms with Gasteiger partial charge in [-0.25, -0.2) is 0 Å². The molecule has 1 aliphatic rings. The van der Waals surface area contributed by atoms with Gasteiger partial charge in [0.25, 0.3) is 0 Å². The summed E-state index contributed by atoms with van der Waals surface area (Å²) in [6.45, 7) is 6.10. The number of nitrogens with zero attached hydrogens (tertiary/aromatic N) is 1. The molecule has 0 radical (unpaired) electrons. The first-order chi connectivity index (χ1) is 9.05. The van der Waals surface area contributed by atoms with Gasteiger partial charge in [-0.05, 0) is 32.6 Å². The van der Waals surface area contributed by atoms with Crippen LogP contribution >= 0.6 is 0 Å². The van der Waals surface area contributed by atoms with Crippen molar-refractivity contribution in [2.45, 2.75) is 46.0 Å². The van der Waals surface area contributed by atoms with Crippen LogP contribution in [0.4, 0.5) is 0 Å². The van der Waals surface area contributed by atoms with Crippen molar-refractivity contribution in [3.05, 3.63) is 0 Å². The first kappa shape index (κ1) is 16.0. The fourth-order valence-electron chi connectivity index (χ4n) is 2.59. The van der Waals surface area contributed by atoms with Crippen LogP contribution in [0.5, 0.6) is 0 Å². The Morgan fingerprint density at radius 1 is 1.37 bits per heavy atom. The van der Waals surface area contributed by atoms with Gasteiger partial charge in [-0.3, -0.25) is 9.59 Å². The fraction of sp³-hybridized carbons (Fsp3) is 0.857. The maximum absolute atomic E-state index is 12.1. The summed E-state index contributed by atoms with van der Waals surface area (Å²) < 4.78 is 5.21. The molecule has 1 N–H and O–H groups in total. The molecule has 1 aliphatic heterocycles. The van der Waals surface area contributed by atoms with Crippen LogP contribution in [0, 0.1) is 5.41 Å². The number of hydrogen-bond acceptors (Lipinski definition) is 3. The summed E-state index contributed by atoms with van der Waals surface area (Å²) in [5.41, 5.74) is -0.742. The molecule has 110 valence electrons. The van der Waals surface area contributed by atoms with Gasteiger partial charge < -0.3 is 14.7 Å². The lowest BCUT2D eigenvalue weighted by Gasteiger charge is -2.39. The second-order valence-corrected chi connectivity index (χ2v) is 5.16. The van der Waals surface area contributed by atoms with Crippen molar-refractivity contribution in [1.29, 1.82) is 0 Å². The van der Waals surface area contributed by atoms with E-state index in [9.17, 15) is 14.7 Å². The zero-order valence-corrected chi connectivity index (χ0v) is 12.0. The van der Waals surface area contributed by atoms with Crippen LogP contribution in [0.25, 0.3) is 0 Å². The Morgan fingerprint density at radius 3 is 2.68 bits per heavy atom. The summed E-state index contributed by atoms with van der Waals surface area (Å²) in [5.74, 6) is -0.722. The highest BCUT2D eigenvalue weighted by Gasteiger charge is 2.41. The quantitative estimate of drug-likeness (QED) is 0.718. The van der Waals surface area contributed by atoms with E-state index in [0.717, 1.165) is 6.42 Å². The van der Waals surface area contributed by atoms with Crippen molar-refractivity contribution in [1.82, 2.24) is 4.90 Å². The van der Waals surface area contributed by atoms with E-state index in [2.05, 4.69) is 0 Å². The molecule has 1 fully saturated rings. The smallest absolute Gasteiger partial charge is 0.311 e. The minimum atomic E-state index is -0.776.